The highest BCUT2D eigenvalue weighted by molar-refractivity contribution is 7.99. The lowest BCUT2D eigenvalue weighted by Crippen LogP contribution is -2.04. The van der Waals surface area contributed by atoms with Gasteiger partial charge in [0.05, 0.1) is 6.04 Å². The molecule has 1 aromatic rings. The van der Waals surface area contributed by atoms with Crippen molar-refractivity contribution in [3.63, 3.8) is 0 Å². The lowest BCUT2D eigenvalue weighted by atomic mass is 10.0. The van der Waals surface area contributed by atoms with Crippen molar-refractivity contribution in [1.29, 1.82) is 0 Å². The van der Waals surface area contributed by atoms with Gasteiger partial charge in [-0.3, -0.25) is 0 Å². The molecule has 0 bridgehead atoms. The van der Waals surface area contributed by atoms with Crippen molar-refractivity contribution in [2.75, 3.05) is 5.75 Å². The van der Waals surface area contributed by atoms with Crippen LogP contribution in [0.1, 0.15) is 18.0 Å². The van der Waals surface area contributed by atoms with E-state index in [1.54, 1.807) is 17.8 Å². The van der Waals surface area contributed by atoms with Crippen LogP contribution in [0.5, 0.6) is 0 Å². The number of thioether (sulfide) groups is 1. The largest absolute Gasteiger partial charge is 0.235 e. The molecule has 1 aromatic carbocycles. The van der Waals surface area contributed by atoms with Gasteiger partial charge in [0.1, 0.15) is 0 Å². The molecule has 1 unspecified atom stereocenters. The predicted molar refractivity (Wildman–Crippen MR) is 57.7 cm³/mol. The maximum absolute atomic E-state index is 10.2. The van der Waals surface area contributed by atoms with Gasteiger partial charge in [-0.1, -0.05) is 17.7 Å². The molecule has 1 heterocycles. The van der Waals surface area contributed by atoms with Crippen LogP contribution in [-0.4, -0.2) is 11.8 Å². The molecule has 0 spiro atoms. The molecule has 1 atom stereocenters. The summed E-state index contributed by atoms with van der Waals surface area (Å²) in [5.74, 6) is 0.975. The number of benzene rings is 1. The second-order valence-corrected chi connectivity index (χ2v) is 4.63. The van der Waals surface area contributed by atoms with E-state index in [2.05, 4.69) is 4.99 Å². The van der Waals surface area contributed by atoms with Gasteiger partial charge in [-0.05, 0) is 24.1 Å². The summed E-state index contributed by atoms with van der Waals surface area (Å²) < 4.78 is 0. The fourth-order valence-corrected chi connectivity index (χ4v) is 2.92. The molecule has 0 aromatic heterocycles. The molecule has 0 aliphatic carbocycles. The van der Waals surface area contributed by atoms with Crippen LogP contribution in [0.15, 0.2) is 28.1 Å². The predicted octanol–water partition coefficient (Wildman–Crippen LogP) is 3.21. The number of rotatable bonds is 1. The van der Waals surface area contributed by atoms with Gasteiger partial charge in [0.15, 0.2) is 0 Å². The molecule has 1 aliphatic rings. The summed E-state index contributed by atoms with van der Waals surface area (Å²) in [7, 11) is 0. The van der Waals surface area contributed by atoms with Crippen molar-refractivity contribution >= 4 is 29.4 Å². The first-order valence-corrected chi connectivity index (χ1v) is 5.67. The van der Waals surface area contributed by atoms with Crippen LogP contribution in [0.3, 0.4) is 0 Å². The van der Waals surface area contributed by atoms with Crippen molar-refractivity contribution in [1.82, 2.24) is 0 Å². The maximum atomic E-state index is 10.2. The van der Waals surface area contributed by atoms with Gasteiger partial charge in [0.25, 0.3) is 0 Å². The minimum Gasteiger partial charge on any atom is -0.211 e. The summed E-state index contributed by atoms with van der Waals surface area (Å²) in [5.41, 5.74) is 1.09. The van der Waals surface area contributed by atoms with Crippen LogP contribution < -0.4 is 0 Å². The Balaban J connectivity index is 2.44. The zero-order chi connectivity index (χ0) is 9.97. The first-order chi connectivity index (χ1) is 6.81. The lowest BCUT2D eigenvalue weighted by Gasteiger charge is -2.20. The fourth-order valence-electron chi connectivity index (χ4n) is 1.54. The normalized spacial score (nSPS) is 19.6. The van der Waals surface area contributed by atoms with Gasteiger partial charge >= 0.3 is 0 Å². The molecule has 0 radical (unpaired) electrons. The second kappa shape index (κ2) is 4.18. The van der Waals surface area contributed by atoms with E-state index >= 15 is 0 Å². The first kappa shape index (κ1) is 9.78. The number of aliphatic imine (C=N–C) groups is 1. The Kier molecular flexibility index (Phi) is 2.92. The van der Waals surface area contributed by atoms with Gasteiger partial charge in [-0.2, -0.15) is 4.99 Å². The van der Waals surface area contributed by atoms with Crippen molar-refractivity contribution in [3.05, 3.63) is 28.8 Å². The number of carbonyl (C=O) groups excluding carboxylic acids is 1. The van der Waals surface area contributed by atoms with Crippen molar-refractivity contribution in [2.24, 2.45) is 4.99 Å². The molecule has 0 N–H and O–H groups in total. The monoisotopic (exact) mass is 225 g/mol. The molecular weight excluding hydrogens is 218 g/mol. The Bertz CT molecular complexity index is 401. The molecular formula is C10H8ClNOS. The summed E-state index contributed by atoms with van der Waals surface area (Å²) in [5, 5.41) is 0.729. The molecule has 0 saturated heterocycles. The highest BCUT2D eigenvalue weighted by Crippen LogP contribution is 2.39. The van der Waals surface area contributed by atoms with E-state index in [4.69, 9.17) is 11.6 Å². The minimum absolute atomic E-state index is 0.0268. The topological polar surface area (TPSA) is 29.4 Å². The summed E-state index contributed by atoms with van der Waals surface area (Å²) in [6, 6.07) is 5.67. The first-order valence-electron chi connectivity index (χ1n) is 4.30. The molecule has 0 fully saturated rings. The maximum Gasteiger partial charge on any atom is 0.235 e. The Morgan fingerprint density at radius 1 is 1.57 bits per heavy atom. The Hall–Kier alpha value is -0.760. The van der Waals surface area contributed by atoms with E-state index in [1.165, 1.54) is 0 Å². The number of halogens is 1. The third-order valence-electron chi connectivity index (χ3n) is 2.19. The zero-order valence-corrected chi connectivity index (χ0v) is 8.94. The van der Waals surface area contributed by atoms with Crippen LogP contribution in [0, 0.1) is 0 Å². The minimum atomic E-state index is -0.0268. The summed E-state index contributed by atoms with van der Waals surface area (Å²) in [6.45, 7) is 0. The molecule has 2 rings (SSSR count). The van der Waals surface area contributed by atoms with E-state index in [-0.39, 0.29) is 6.04 Å². The molecule has 0 saturated carbocycles. The quantitative estimate of drug-likeness (QED) is 0.543. The Morgan fingerprint density at radius 2 is 2.43 bits per heavy atom. The summed E-state index contributed by atoms with van der Waals surface area (Å²) in [6.07, 6.45) is 2.52. The number of fused-ring (bicyclic) bond motifs is 1. The lowest BCUT2D eigenvalue weighted by molar-refractivity contribution is 0.555. The van der Waals surface area contributed by atoms with E-state index in [1.807, 2.05) is 18.2 Å². The van der Waals surface area contributed by atoms with Gasteiger partial charge in [0, 0.05) is 15.7 Å². The highest BCUT2D eigenvalue weighted by atomic mass is 35.5. The fraction of sp³-hybridized carbons (Fsp3) is 0.300. The van der Waals surface area contributed by atoms with Crippen LogP contribution in [0.4, 0.5) is 0 Å². The second-order valence-electron chi connectivity index (χ2n) is 3.06. The summed E-state index contributed by atoms with van der Waals surface area (Å²) >= 11 is 7.64. The van der Waals surface area contributed by atoms with Crippen LogP contribution in [-0.2, 0) is 4.79 Å². The SMILES string of the molecule is O=C=NC1CCSc2cc(Cl)ccc21. The standard InChI is InChI=1S/C10H8ClNOS/c11-7-1-2-8-9(12-6-13)3-4-14-10(8)5-7/h1-2,5,9H,3-4H2. The Labute approximate surface area is 91.4 Å². The van der Waals surface area contributed by atoms with Gasteiger partial charge < -0.3 is 0 Å². The van der Waals surface area contributed by atoms with E-state index in [9.17, 15) is 4.79 Å². The van der Waals surface area contributed by atoms with Crippen molar-refractivity contribution in [2.45, 2.75) is 17.4 Å². The molecule has 4 heteroatoms. The number of isocyanates is 1. The van der Waals surface area contributed by atoms with E-state index < -0.39 is 0 Å². The number of hydrogen-bond donors (Lipinski definition) is 0. The molecule has 1 aliphatic heterocycles. The summed E-state index contributed by atoms with van der Waals surface area (Å²) in [4.78, 5) is 15.2. The number of nitrogens with zero attached hydrogens (tertiary/aromatic N) is 1. The average Bonchev–Trinajstić information content (AvgIpc) is 2.18. The molecule has 14 heavy (non-hydrogen) atoms. The average molecular weight is 226 g/mol. The molecule has 2 nitrogen and oxygen atoms in total. The van der Waals surface area contributed by atoms with Gasteiger partial charge in [-0.15, -0.1) is 11.8 Å². The van der Waals surface area contributed by atoms with E-state index in [0.717, 1.165) is 27.7 Å². The van der Waals surface area contributed by atoms with E-state index in [0.29, 0.717) is 0 Å². The van der Waals surface area contributed by atoms with Gasteiger partial charge in [0.2, 0.25) is 6.08 Å². The van der Waals surface area contributed by atoms with Gasteiger partial charge in [-0.25, -0.2) is 4.79 Å². The zero-order valence-electron chi connectivity index (χ0n) is 7.37. The van der Waals surface area contributed by atoms with Crippen molar-refractivity contribution in [3.8, 4) is 0 Å². The number of hydrogen-bond acceptors (Lipinski definition) is 3. The smallest absolute Gasteiger partial charge is 0.211 e. The third kappa shape index (κ3) is 1.85. The molecule has 72 valence electrons. The van der Waals surface area contributed by atoms with Crippen molar-refractivity contribution < 1.29 is 4.79 Å². The van der Waals surface area contributed by atoms with Crippen LogP contribution in [0.2, 0.25) is 5.02 Å². The molecule has 0 amide bonds. The highest BCUT2D eigenvalue weighted by Gasteiger charge is 2.19. The third-order valence-corrected chi connectivity index (χ3v) is 3.53. The Morgan fingerprint density at radius 3 is 3.21 bits per heavy atom. The van der Waals surface area contributed by atoms with Crippen LogP contribution in [0.25, 0.3) is 0 Å². The van der Waals surface area contributed by atoms with Crippen LogP contribution >= 0.6 is 23.4 Å².